The van der Waals surface area contributed by atoms with Crippen molar-refractivity contribution in [3.63, 3.8) is 0 Å². The lowest BCUT2D eigenvalue weighted by Gasteiger charge is -2.22. The zero-order chi connectivity index (χ0) is 16.7. The van der Waals surface area contributed by atoms with Gasteiger partial charge in [-0.25, -0.2) is 4.79 Å². The van der Waals surface area contributed by atoms with Crippen molar-refractivity contribution in [1.29, 1.82) is 0 Å². The normalized spacial score (nSPS) is 11.6. The Morgan fingerprint density at radius 3 is 1.55 bits per heavy atom. The predicted octanol–water partition coefficient (Wildman–Crippen LogP) is 4.94. The third kappa shape index (κ3) is 17.5. The molecule has 3 heteroatoms. The van der Waals surface area contributed by atoms with Crippen LogP contribution >= 0.6 is 0 Å². The van der Waals surface area contributed by atoms with Gasteiger partial charge < -0.3 is 9.22 Å². The van der Waals surface area contributed by atoms with E-state index in [0.717, 1.165) is 6.42 Å². The lowest BCUT2D eigenvalue weighted by Crippen LogP contribution is -2.40. The Morgan fingerprint density at radius 2 is 1.14 bits per heavy atom. The molecule has 0 aromatic heterocycles. The maximum atomic E-state index is 11.5. The fourth-order valence-electron chi connectivity index (χ4n) is 2.56. The van der Waals surface area contributed by atoms with Crippen LogP contribution in [0.25, 0.3) is 0 Å². The van der Waals surface area contributed by atoms with E-state index in [-0.39, 0.29) is 5.97 Å². The Hall–Kier alpha value is -0.570. The molecular weight excluding hydrogens is 274 g/mol. The van der Waals surface area contributed by atoms with E-state index < -0.39 is 0 Å². The highest BCUT2D eigenvalue weighted by atomic mass is 16.5. The number of rotatable bonds is 15. The zero-order valence-corrected chi connectivity index (χ0v) is 15.7. The van der Waals surface area contributed by atoms with Gasteiger partial charge in [-0.15, -0.1) is 0 Å². The summed E-state index contributed by atoms with van der Waals surface area (Å²) < 4.78 is 5.89. The average Bonchev–Trinajstić information content (AvgIpc) is 2.42. The number of unbranched alkanes of at least 4 members (excludes halogenated alkanes) is 11. The van der Waals surface area contributed by atoms with Crippen molar-refractivity contribution in [3.05, 3.63) is 0 Å². The summed E-state index contributed by atoms with van der Waals surface area (Å²) >= 11 is 0. The topological polar surface area (TPSA) is 26.3 Å². The quantitative estimate of drug-likeness (QED) is 0.243. The van der Waals surface area contributed by atoms with Gasteiger partial charge in [0.05, 0.1) is 27.7 Å². The summed E-state index contributed by atoms with van der Waals surface area (Å²) in [5.41, 5.74) is 0. The van der Waals surface area contributed by atoms with Crippen LogP contribution in [0, 0.1) is 0 Å². The van der Waals surface area contributed by atoms with E-state index in [1.165, 1.54) is 70.6 Å². The van der Waals surface area contributed by atoms with E-state index in [4.69, 9.17) is 4.74 Å². The van der Waals surface area contributed by atoms with Crippen molar-refractivity contribution in [2.24, 2.45) is 0 Å². The molecule has 0 saturated carbocycles. The molecule has 0 spiro atoms. The first kappa shape index (κ1) is 21.4. The summed E-state index contributed by atoms with van der Waals surface area (Å²) in [5.74, 6) is -0.0735. The van der Waals surface area contributed by atoms with Crippen LogP contribution in [-0.2, 0) is 9.53 Å². The molecule has 3 nitrogen and oxygen atoms in total. The zero-order valence-electron chi connectivity index (χ0n) is 15.7. The largest absolute Gasteiger partial charge is 0.462 e. The van der Waals surface area contributed by atoms with Crippen LogP contribution in [0.2, 0.25) is 0 Å². The van der Waals surface area contributed by atoms with Crippen LogP contribution in [0.4, 0.5) is 0 Å². The van der Waals surface area contributed by atoms with Crippen molar-refractivity contribution in [2.45, 2.75) is 84.0 Å². The summed E-state index contributed by atoms with van der Waals surface area (Å²) in [7, 11) is 6.02. The van der Waals surface area contributed by atoms with Crippen molar-refractivity contribution in [3.8, 4) is 0 Å². The molecule has 0 aliphatic carbocycles. The van der Waals surface area contributed by atoms with E-state index in [9.17, 15) is 4.79 Å². The van der Waals surface area contributed by atoms with Crippen LogP contribution in [0.15, 0.2) is 0 Å². The van der Waals surface area contributed by atoms with E-state index in [1.807, 2.05) is 21.1 Å². The predicted molar refractivity (Wildman–Crippen MR) is 94.9 cm³/mol. The maximum Gasteiger partial charge on any atom is 0.361 e. The minimum atomic E-state index is -0.0735. The number of nitrogens with zero attached hydrogens (tertiary/aromatic N) is 1. The Morgan fingerprint density at radius 1 is 0.727 bits per heavy atom. The van der Waals surface area contributed by atoms with Gasteiger partial charge in [0.2, 0.25) is 0 Å². The SMILES string of the molecule is CCCCCCCCCCCCCCOC(=O)C[N+](C)(C)C. The fraction of sp³-hybridized carbons (Fsp3) is 0.947. The number of hydrogen-bond donors (Lipinski definition) is 0. The smallest absolute Gasteiger partial charge is 0.361 e. The number of hydrogen-bond acceptors (Lipinski definition) is 2. The van der Waals surface area contributed by atoms with Crippen LogP contribution in [-0.4, -0.2) is 44.7 Å². The number of esters is 1. The van der Waals surface area contributed by atoms with Gasteiger partial charge in [0.15, 0.2) is 6.54 Å². The molecule has 0 aromatic rings. The minimum absolute atomic E-state index is 0.0735. The Kier molecular flexibility index (Phi) is 13.7. The van der Waals surface area contributed by atoms with Gasteiger partial charge >= 0.3 is 5.97 Å². The van der Waals surface area contributed by atoms with Crippen LogP contribution in [0.1, 0.15) is 84.0 Å². The molecule has 0 amide bonds. The monoisotopic (exact) mass is 314 g/mol. The highest BCUT2D eigenvalue weighted by molar-refractivity contribution is 5.70. The van der Waals surface area contributed by atoms with Gasteiger partial charge in [-0.05, 0) is 6.42 Å². The lowest BCUT2D eigenvalue weighted by molar-refractivity contribution is -0.862. The van der Waals surface area contributed by atoms with Gasteiger partial charge in [-0.2, -0.15) is 0 Å². The van der Waals surface area contributed by atoms with Gasteiger partial charge in [0.1, 0.15) is 0 Å². The molecule has 0 bridgehead atoms. The van der Waals surface area contributed by atoms with Crippen molar-refractivity contribution in [2.75, 3.05) is 34.3 Å². The third-order valence-electron chi connectivity index (χ3n) is 3.86. The Bertz CT molecular complexity index is 259. The second-order valence-corrected chi connectivity index (χ2v) is 7.56. The molecule has 0 aromatic carbocycles. The van der Waals surface area contributed by atoms with Gasteiger partial charge in [0, 0.05) is 0 Å². The molecule has 0 rings (SSSR count). The second-order valence-electron chi connectivity index (χ2n) is 7.56. The van der Waals surface area contributed by atoms with Gasteiger partial charge in [-0.3, -0.25) is 0 Å². The molecule has 0 N–H and O–H groups in total. The molecule has 0 unspecified atom stereocenters. The van der Waals surface area contributed by atoms with Crippen LogP contribution in [0.5, 0.6) is 0 Å². The van der Waals surface area contributed by atoms with Crippen LogP contribution in [0.3, 0.4) is 0 Å². The average molecular weight is 315 g/mol. The Balaban J connectivity index is 3.16. The molecule has 22 heavy (non-hydrogen) atoms. The molecule has 0 saturated heterocycles. The summed E-state index contributed by atoms with van der Waals surface area (Å²) in [5, 5.41) is 0. The number of likely N-dealkylation sites (N-methyl/N-ethyl adjacent to an activating group) is 1. The molecular formula is C19H40NO2+. The number of ether oxygens (including phenoxy) is 1. The van der Waals surface area contributed by atoms with E-state index in [2.05, 4.69) is 6.92 Å². The lowest BCUT2D eigenvalue weighted by atomic mass is 10.1. The summed E-state index contributed by atoms with van der Waals surface area (Å²) in [6.07, 6.45) is 16.0. The number of quaternary nitrogens is 1. The summed E-state index contributed by atoms with van der Waals surface area (Å²) in [4.78, 5) is 11.5. The van der Waals surface area contributed by atoms with Gasteiger partial charge in [0.25, 0.3) is 0 Å². The Labute approximate surface area is 139 Å². The highest BCUT2D eigenvalue weighted by Crippen LogP contribution is 2.11. The second kappa shape index (κ2) is 14.0. The first-order chi connectivity index (χ1) is 10.5. The van der Waals surface area contributed by atoms with Crippen molar-refractivity contribution >= 4 is 5.97 Å². The fourth-order valence-corrected chi connectivity index (χ4v) is 2.56. The molecule has 0 atom stereocenters. The van der Waals surface area contributed by atoms with Crippen molar-refractivity contribution in [1.82, 2.24) is 0 Å². The highest BCUT2D eigenvalue weighted by Gasteiger charge is 2.14. The standard InChI is InChI=1S/C19H40NO2/c1-5-6-7-8-9-10-11-12-13-14-15-16-17-22-19(21)18-20(2,3)4/h5-18H2,1-4H3/q+1. The maximum absolute atomic E-state index is 11.5. The van der Waals surface area contributed by atoms with Crippen molar-refractivity contribution < 1.29 is 14.0 Å². The number of carbonyl (C=O) groups is 1. The van der Waals surface area contributed by atoms with Gasteiger partial charge in [-0.1, -0.05) is 77.6 Å². The van der Waals surface area contributed by atoms with E-state index >= 15 is 0 Å². The van der Waals surface area contributed by atoms with E-state index in [1.54, 1.807) is 0 Å². The summed E-state index contributed by atoms with van der Waals surface area (Å²) in [6, 6.07) is 0. The number of carbonyl (C=O) groups excluding carboxylic acids is 1. The first-order valence-corrected chi connectivity index (χ1v) is 9.42. The first-order valence-electron chi connectivity index (χ1n) is 9.42. The third-order valence-corrected chi connectivity index (χ3v) is 3.86. The molecule has 0 heterocycles. The molecule has 0 radical (unpaired) electrons. The molecule has 0 fully saturated rings. The molecule has 0 aliphatic rings. The minimum Gasteiger partial charge on any atom is -0.462 e. The van der Waals surface area contributed by atoms with Crippen LogP contribution < -0.4 is 0 Å². The summed E-state index contributed by atoms with van der Waals surface area (Å²) in [6.45, 7) is 3.32. The van der Waals surface area contributed by atoms with E-state index in [0.29, 0.717) is 17.6 Å². The molecule has 132 valence electrons. The molecule has 0 aliphatic heterocycles.